The maximum absolute atomic E-state index is 13.3. The van der Waals surface area contributed by atoms with E-state index >= 15 is 0 Å². The number of carbonyl (C=O) groups excluding carboxylic acids is 2. The van der Waals surface area contributed by atoms with E-state index in [9.17, 15) is 18.4 Å². The fraction of sp³-hybridized carbons (Fsp3) is 0.105. The van der Waals surface area contributed by atoms with Gasteiger partial charge in [-0.3, -0.25) is 9.69 Å². The first-order chi connectivity index (χ1) is 13.4. The number of halogens is 3. The van der Waals surface area contributed by atoms with Crippen LogP contribution < -0.4 is 4.90 Å². The fourth-order valence-corrected chi connectivity index (χ4v) is 3.46. The zero-order valence-electron chi connectivity index (χ0n) is 14.5. The Morgan fingerprint density at radius 2 is 1.86 bits per heavy atom. The van der Waals surface area contributed by atoms with Gasteiger partial charge in [0.1, 0.15) is 6.61 Å². The van der Waals surface area contributed by atoms with Crippen molar-refractivity contribution in [3.8, 4) is 0 Å². The van der Waals surface area contributed by atoms with Crippen LogP contribution in [0.4, 0.5) is 19.6 Å². The standard InChI is InChI=1S/C19H13ClF2N2O3S/c1-11(25)24(13-5-3-2-4-6-13)19-23-12(10-28-19)9-27-18(26)14-7-16(21)17(22)8-15(14)20/h2-8,10H,9H2,1H3. The summed E-state index contributed by atoms with van der Waals surface area (Å²) in [6.07, 6.45) is 0. The molecule has 0 atom stereocenters. The Morgan fingerprint density at radius 3 is 2.54 bits per heavy atom. The average Bonchev–Trinajstić information content (AvgIpc) is 3.12. The summed E-state index contributed by atoms with van der Waals surface area (Å²) >= 11 is 6.96. The number of hydrogen-bond donors (Lipinski definition) is 0. The van der Waals surface area contributed by atoms with Gasteiger partial charge in [0.15, 0.2) is 16.8 Å². The topological polar surface area (TPSA) is 59.5 Å². The SMILES string of the molecule is CC(=O)N(c1ccccc1)c1nc(COC(=O)c2cc(F)c(F)cc2Cl)cs1. The summed E-state index contributed by atoms with van der Waals surface area (Å²) in [5.41, 5.74) is 0.765. The van der Waals surface area contributed by atoms with Crippen LogP contribution in [0, 0.1) is 11.6 Å². The first kappa shape index (κ1) is 19.9. The monoisotopic (exact) mass is 422 g/mol. The number of hydrogen-bond acceptors (Lipinski definition) is 5. The van der Waals surface area contributed by atoms with Gasteiger partial charge in [-0.05, 0) is 24.3 Å². The number of aromatic nitrogens is 1. The highest BCUT2D eigenvalue weighted by atomic mass is 35.5. The van der Waals surface area contributed by atoms with Crippen LogP contribution in [0.1, 0.15) is 23.0 Å². The van der Waals surface area contributed by atoms with E-state index < -0.39 is 17.6 Å². The number of esters is 1. The second-order valence-electron chi connectivity index (χ2n) is 5.63. The lowest BCUT2D eigenvalue weighted by molar-refractivity contribution is -0.115. The number of amides is 1. The maximum atomic E-state index is 13.3. The molecule has 0 N–H and O–H groups in total. The molecule has 0 fully saturated rings. The zero-order chi connectivity index (χ0) is 20.3. The fourth-order valence-electron chi connectivity index (χ4n) is 2.37. The van der Waals surface area contributed by atoms with Gasteiger partial charge in [-0.15, -0.1) is 11.3 Å². The summed E-state index contributed by atoms with van der Waals surface area (Å²) in [5, 5.41) is 1.79. The van der Waals surface area contributed by atoms with Crippen molar-refractivity contribution >= 4 is 45.6 Å². The van der Waals surface area contributed by atoms with Crippen LogP contribution in [0.25, 0.3) is 0 Å². The molecule has 0 aliphatic heterocycles. The molecule has 2 aromatic carbocycles. The predicted molar refractivity (Wildman–Crippen MR) is 102 cm³/mol. The number of nitrogens with zero attached hydrogens (tertiary/aromatic N) is 2. The van der Waals surface area contributed by atoms with Gasteiger partial charge in [0.05, 0.1) is 22.0 Å². The molecule has 3 aromatic rings. The van der Waals surface area contributed by atoms with E-state index in [2.05, 4.69) is 4.98 Å². The van der Waals surface area contributed by atoms with Crippen LogP contribution in [0.15, 0.2) is 47.8 Å². The molecule has 5 nitrogen and oxygen atoms in total. The first-order valence-corrected chi connectivity index (χ1v) is 9.24. The first-order valence-electron chi connectivity index (χ1n) is 7.98. The smallest absolute Gasteiger partial charge is 0.340 e. The van der Waals surface area contributed by atoms with E-state index in [1.54, 1.807) is 29.6 Å². The van der Waals surface area contributed by atoms with Crippen molar-refractivity contribution in [2.24, 2.45) is 0 Å². The number of para-hydroxylation sites is 1. The number of ether oxygens (including phenoxy) is 1. The van der Waals surface area contributed by atoms with Crippen LogP contribution in [-0.4, -0.2) is 16.9 Å². The number of anilines is 2. The largest absolute Gasteiger partial charge is 0.456 e. The molecule has 9 heteroatoms. The molecular weight excluding hydrogens is 410 g/mol. The molecule has 0 saturated heterocycles. The number of thiazole rings is 1. The van der Waals surface area contributed by atoms with Crippen LogP contribution >= 0.6 is 22.9 Å². The van der Waals surface area contributed by atoms with Crippen LogP contribution in [-0.2, 0) is 16.1 Å². The van der Waals surface area contributed by atoms with Gasteiger partial charge in [-0.1, -0.05) is 29.8 Å². The Bertz CT molecular complexity index is 1030. The predicted octanol–water partition coefficient (Wildman–Crippen LogP) is 5.12. The van der Waals surface area contributed by atoms with Crippen molar-refractivity contribution in [2.45, 2.75) is 13.5 Å². The molecule has 1 heterocycles. The summed E-state index contributed by atoms with van der Waals surface area (Å²) < 4.78 is 31.5. The Morgan fingerprint density at radius 1 is 1.18 bits per heavy atom. The Balaban J connectivity index is 1.73. The molecule has 0 saturated carbocycles. The van der Waals surface area contributed by atoms with Crippen LogP contribution in [0.2, 0.25) is 5.02 Å². The van der Waals surface area contributed by atoms with Gasteiger partial charge < -0.3 is 4.74 Å². The average molecular weight is 423 g/mol. The Hall–Kier alpha value is -2.84. The number of benzene rings is 2. The van der Waals surface area contributed by atoms with E-state index in [-0.39, 0.29) is 23.1 Å². The summed E-state index contributed by atoms with van der Waals surface area (Å²) in [7, 11) is 0. The van der Waals surface area contributed by atoms with E-state index in [0.717, 1.165) is 0 Å². The molecule has 0 aliphatic carbocycles. The van der Waals surface area contributed by atoms with Crippen LogP contribution in [0.5, 0.6) is 0 Å². The van der Waals surface area contributed by atoms with Crippen molar-refractivity contribution in [1.29, 1.82) is 0 Å². The number of rotatable bonds is 5. The molecule has 0 radical (unpaired) electrons. The maximum Gasteiger partial charge on any atom is 0.340 e. The lowest BCUT2D eigenvalue weighted by atomic mass is 10.2. The molecule has 0 unspecified atom stereocenters. The minimum Gasteiger partial charge on any atom is -0.456 e. The quantitative estimate of drug-likeness (QED) is 0.423. The van der Waals surface area contributed by atoms with Crippen molar-refractivity contribution in [3.63, 3.8) is 0 Å². The lowest BCUT2D eigenvalue weighted by Crippen LogP contribution is -2.22. The van der Waals surface area contributed by atoms with Gasteiger partial charge in [0.2, 0.25) is 5.91 Å². The van der Waals surface area contributed by atoms with Crippen LogP contribution in [0.3, 0.4) is 0 Å². The molecule has 28 heavy (non-hydrogen) atoms. The van der Waals surface area contributed by atoms with E-state index in [0.29, 0.717) is 28.6 Å². The normalized spacial score (nSPS) is 10.6. The number of carbonyl (C=O) groups is 2. The molecule has 0 aliphatic rings. The lowest BCUT2D eigenvalue weighted by Gasteiger charge is -2.17. The Kier molecular flexibility index (Phi) is 6.01. The van der Waals surface area contributed by atoms with Crippen molar-refractivity contribution in [2.75, 3.05) is 4.90 Å². The van der Waals surface area contributed by atoms with E-state index in [1.807, 2.05) is 6.07 Å². The van der Waals surface area contributed by atoms with E-state index in [1.165, 1.54) is 23.2 Å². The molecule has 3 rings (SSSR count). The molecular formula is C19H13ClF2N2O3S. The van der Waals surface area contributed by atoms with Crippen molar-refractivity contribution in [1.82, 2.24) is 4.98 Å². The summed E-state index contributed by atoms with van der Waals surface area (Å²) in [6.45, 7) is 1.20. The molecule has 1 amide bonds. The minimum absolute atomic E-state index is 0.217. The van der Waals surface area contributed by atoms with Crippen molar-refractivity contribution in [3.05, 3.63) is 75.8 Å². The highest BCUT2D eigenvalue weighted by Crippen LogP contribution is 2.29. The Labute approximate surface area is 168 Å². The highest BCUT2D eigenvalue weighted by Gasteiger charge is 2.19. The molecule has 144 valence electrons. The second kappa shape index (κ2) is 8.45. The minimum atomic E-state index is -1.20. The second-order valence-corrected chi connectivity index (χ2v) is 6.88. The van der Waals surface area contributed by atoms with E-state index in [4.69, 9.17) is 16.3 Å². The van der Waals surface area contributed by atoms with Gasteiger partial charge in [0, 0.05) is 12.3 Å². The molecule has 0 bridgehead atoms. The van der Waals surface area contributed by atoms with Gasteiger partial charge in [0.25, 0.3) is 0 Å². The molecule has 1 aromatic heterocycles. The zero-order valence-corrected chi connectivity index (χ0v) is 16.1. The molecule has 0 spiro atoms. The van der Waals surface area contributed by atoms with Gasteiger partial charge in [-0.2, -0.15) is 0 Å². The third-order valence-electron chi connectivity index (χ3n) is 3.64. The van der Waals surface area contributed by atoms with Crippen molar-refractivity contribution < 1.29 is 23.1 Å². The summed E-state index contributed by atoms with van der Waals surface area (Å²) in [6, 6.07) is 10.4. The van der Waals surface area contributed by atoms with Gasteiger partial charge in [-0.25, -0.2) is 18.6 Å². The third kappa shape index (κ3) is 4.35. The summed E-state index contributed by atoms with van der Waals surface area (Å²) in [5.74, 6) is -3.49. The summed E-state index contributed by atoms with van der Waals surface area (Å²) in [4.78, 5) is 29.9. The highest BCUT2D eigenvalue weighted by molar-refractivity contribution is 7.14. The van der Waals surface area contributed by atoms with Gasteiger partial charge >= 0.3 is 5.97 Å². The third-order valence-corrected chi connectivity index (χ3v) is 4.83.